The molecule has 0 radical (unpaired) electrons. The van der Waals surface area contributed by atoms with Gasteiger partial charge in [-0.25, -0.2) is 0 Å². The van der Waals surface area contributed by atoms with Crippen molar-refractivity contribution < 1.29 is 14.4 Å². The van der Waals surface area contributed by atoms with Crippen molar-refractivity contribution in [2.24, 2.45) is 5.92 Å². The molecule has 0 atom stereocenters. The Hall–Kier alpha value is -2.38. The van der Waals surface area contributed by atoms with E-state index in [2.05, 4.69) is 5.32 Å². The maximum absolute atomic E-state index is 12.9. The second-order valence-corrected chi connectivity index (χ2v) is 8.73. The van der Waals surface area contributed by atoms with E-state index in [1.807, 2.05) is 10.3 Å². The van der Waals surface area contributed by atoms with Gasteiger partial charge >= 0.3 is 0 Å². The number of hydrogen-bond acceptors (Lipinski definition) is 4. The van der Waals surface area contributed by atoms with Crippen molar-refractivity contribution in [3.05, 3.63) is 51.2 Å². The summed E-state index contributed by atoms with van der Waals surface area (Å²) in [6.45, 7) is 2.15. The second kappa shape index (κ2) is 8.55. The zero-order chi connectivity index (χ0) is 20.4. The molecule has 29 heavy (non-hydrogen) atoms. The number of rotatable bonds is 4. The molecule has 3 amide bonds. The fraction of sp³-hybridized carbons (Fsp3) is 0.381. The Bertz CT molecular complexity index is 919. The van der Waals surface area contributed by atoms with Crippen LogP contribution in [0.5, 0.6) is 0 Å². The molecule has 1 aromatic heterocycles. The molecule has 1 aliphatic heterocycles. The van der Waals surface area contributed by atoms with Crippen LogP contribution >= 0.6 is 22.9 Å². The Balaban J connectivity index is 1.40. The third kappa shape index (κ3) is 4.31. The van der Waals surface area contributed by atoms with Gasteiger partial charge < -0.3 is 15.1 Å². The standard InChI is InChI=1S/C21H22ClN3O3S/c22-16-7-6-15(13-17(16)23-19(26)18-5-2-12-29-18)21(28)25-10-8-24(9-11-25)20(27)14-3-1-4-14/h2,5-7,12-14H,1,3-4,8-11H2,(H,23,26). The van der Waals surface area contributed by atoms with Gasteiger partial charge in [0.1, 0.15) is 0 Å². The van der Waals surface area contributed by atoms with E-state index >= 15 is 0 Å². The number of hydrogen-bond donors (Lipinski definition) is 1. The van der Waals surface area contributed by atoms with E-state index < -0.39 is 0 Å². The first-order valence-electron chi connectivity index (χ1n) is 9.75. The van der Waals surface area contributed by atoms with Gasteiger partial charge in [-0.2, -0.15) is 0 Å². The average molecular weight is 432 g/mol. The number of carbonyl (C=O) groups is 3. The summed E-state index contributed by atoms with van der Waals surface area (Å²) in [5, 5.41) is 4.98. The van der Waals surface area contributed by atoms with Gasteiger partial charge in [-0.05, 0) is 42.5 Å². The van der Waals surface area contributed by atoms with Crippen molar-refractivity contribution in [2.45, 2.75) is 19.3 Å². The SMILES string of the molecule is O=C(Nc1cc(C(=O)N2CCN(C(=O)C3CCC3)CC2)ccc1Cl)c1cccs1. The molecule has 1 N–H and O–H groups in total. The first-order chi connectivity index (χ1) is 14.0. The molecule has 2 aromatic rings. The molecule has 0 spiro atoms. The predicted octanol–water partition coefficient (Wildman–Crippen LogP) is 3.74. The zero-order valence-electron chi connectivity index (χ0n) is 15.9. The lowest BCUT2D eigenvalue weighted by molar-refractivity contribution is -0.139. The molecule has 1 aliphatic carbocycles. The van der Waals surface area contributed by atoms with E-state index in [9.17, 15) is 14.4 Å². The molecule has 1 saturated heterocycles. The van der Waals surface area contributed by atoms with Gasteiger partial charge in [0, 0.05) is 37.7 Å². The molecule has 8 heteroatoms. The highest BCUT2D eigenvalue weighted by atomic mass is 35.5. The van der Waals surface area contributed by atoms with Crippen LogP contribution in [0.15, 0.2) is 35.7 Å². The second-order valence-electron chi connectivity index (χ2n) is 7.37. The normalized spacial score (nSPS) is 17.0. The highest BCUT2D eigenvalue weighted by Crippen LogP contribution is 2.29. The lowest BCUT2D eigenvalue weighted by Gasteiger charge is -2.38. The lowest BCUT2D eigenvalue weighted by Crippen LogP contribution is -2.52. The number of nitrogens with zero attached hydrogens (tertiary/aromatic N) is 2. The topological polar surface area (TPSA) is 69.7 Å². The van der Waals surface area contributed by atoms with Crippen LogP contribution in [0, 0.1) is 5.92 Å². The molecule has 0 bridgehead atoms. The lowest BCUT2D eigenvalue weighted by atomic mass is 9.84. The van der Waals surface area contributed by atoms with Gasteiger partial charge in [0.05, 0.1) is 15.6 Å². The number of piperazine rings is 1. The summed E-state index contributed by atoms with van der Waals surface area (Å²) in [6, 6.07) is 8.43. The molecule has 2 aliphatic rings. The Morgan fingerprint density at radius 3 is 2.38 bits per heavy atom. The quantitative estimate of drug-likeness (QED) is 0.801. The number of carbonyl (C=O) groups excluding carboxylic acids is 3. The van der Waals surface area contributed by atoms with Crippen LogP contribution in [0.4, 0.5) is 5.69 Å². The summed E-state index contributed by atoms with van der Waals surface area (Å²) < 4.78 is 0. The van der Waals surface area contributed by atoms with Gasteiger partial charge in [0.25, 0.3) is 11.8 Å². The molecular formula is C21H22ClN3O3S. The van der Waals surface area contributed by atoms with E-state index in [0.717, 1.165) is 19.3 Å². The van der Waals surface area contributed by atoms with E-state index in [1.165, 1.54) is 11.3 Å². The summed E-state index contributed by atoms with van der Waals surface area (Å²) in [6.07, 6.45) is 3.11. The third-order valence-electron chi connectivity index (χ3n) is 5.54. The maximum atomic E-state index is 12.9. The van der Waals surface area contributed by atoms with Gasteiger partial charge in [-0.3, -0.25) is 14.4 Å². The molecule has 6 nitrogen and oxygen atoms in total. The van der Waals surface area contributed by atoms with Gasteiger partial charge in [0.15, 0.2) is 0 Å². The van der Waals surface area contributed by atoms with Crippen molar-refractivity contribution >= 4 is 46.3 Å². The number of nitrogens with one attached hydrogen (secondary N) is 1. The molecule has 1 aromatic carbocycles. The number of halogens is 1. The summed E-state index contributed by atoms with van der Waals surface area (Å²) in [5.74, 6) is 0.0371. The van der Waals surface area contributed by atoms with Crippen LogP contribution in [-0.2, 0) is 4.79 Å². The minimum absolute atomic E-state index is 0.121. The van der Waals surface area contributed by atoms with Gasteiger partial charge in [-0.1, -0.05) is 24.1 Å². The monoisotopic (exact) mass is 431 g/mol. The minimum atomic E-state index is -0.255. The van der Waals surface area contributed by atoms with E-state index in [0.29, 0.717) is 47.3 Å². The average Bonchev–Trinajstić information content (AvgIpc) is 3.23. The Morgan fingerprint density at radius 1 is 1.03 bits per heavy atom. The van der Waals surface area contributed by atoms with Crippen molar-refractivity contribution in [2.75, 3.05) is 31.5 Å². The minimum Gasteiger partial charge on any atom is -0.339 e. The van der Waals surface area contributed by atoms with E-state index in [1.54, 1.807) is 35.2 Å². The van der Waals surface area contributed by atoms with Gasteiger partial charge in [0.2, 0.25) is 5.91 Å². The van der Waals surface area contributed by atoms with Crippen molar-refractivity contribution in [3.8, 4) is 0 Å². The fourth-order valence-electron chi connectivity index (χ4n) is 3.57. The smallest absolute Gasteiger partial charge is 0.265 e. The first-order valence-corrected chi connectivity index (χ1v) is 11.0. The molecule has 152 valence electrons. The Labute approximate surface area is 178 Å². The van der Waals surface area contributed by atoms with Crippen molar-refractivity contribution in [1.82, 2.24) is 9.80 Å². The Kier molecular flexibility index (Phi) is 5.87. The van der Waals surface area contributed by atoms with Crippen LogP contribution in [0.25, 0.3) is 0 Å². The summed E-state index contributed by atoms with van der Waals surface area (Å²) in [4.78, 5) is 41.8. The summed E-state index contributed by atoms with van der Waals surface area (Å²) in [5.41, 5.74) is 0.879. The van der Waals surface area contributed by atoms with Gasteiger partial charge in [-0.15, -0.1) is 11.3 Å². The first kappa shape index (κ1) is 19.9. The van der Waals surface area contributed by atoms with E-state index in [4.69, 9.17) is 11.6 Å². The third-order valence-corrected chi connectivity index (χ3v) is 6.74. The molecule has 2 heterocycles. The molecule has 4 rings (SSSR count). The highest BCUT2D eigenvalue weighted by Gasteiger charge is 2.32. The number of amides is 3. The predicted molar refractivity (Wildman–Crippen MR) is 114 cm³/mol. The Morgan fingerprint density at radius 2 is 1.76 bits per heavy atom. The van der Waals surface area contributed by atoms with Crippen LogP contribution in [0.1, 0.15) is 39.3 Å². The fourth-order valence-corrected chi connectivity index (χ4v) is 4.36. The molecular weight excluding hydrogens is 410 g/mol. The molecule has 0 unspecified atom stereocenters. The van der Waals surface area contributed by atoms with Crippen molar-refractivity contribution in [3.63, 3.8) is 0 Å². The number of thiophene rings is 1. The van der Waals surface area contributed by atoms with Crippen LogP contribution in [-0.4, -0.2) is 53.7 Å². The zero-order valence-corrected chi connectivity index (χ0v) is 17.5. The highest BCUT2D eigenvalue weighted by molar-refractivity contribution is 7.12. The molecule has 1 saturated carbocycles. The largest absolute Gasteiger partial charge is 0.339 e. The summed E-state index contributed by atoms with van der Waals surface area (Å²) >= 11 is 7.55. The van der Waals surface area contributed by atoms with Crippen LogP contribution < -0.4 is 5.32 Å². The van der Waals surface area contributed by atoms with Crippen LogP contribution in [0.3, 0.4) is 0 Å². The van der Waals surface area contributed by atoms with E-state index in [-0.39, 0.29) is 23.6 Å². The van der Waals surface area contributed by atoms with Crippen molar-refractivity contribution in [1.29, 1.82) is 0 Å². The summed E-state index contributed by atoms with van der Waals surface area (Å²) in [7, 11) is 0. The number of benzene rings is 1. The molecule has 2 fully saturated rings. The number of anilines is 1. The van der Waals surface area contributed by atoms with Crippen LogP contribution in [0.2, 0.25) is 5.02 Å². The maximum Gasteiger partial charge on any atom is 0.265 e.